The standard InChI is InChI=1S/Al.La.3O.Sr.Ta.5H. The van der Waals surface area contributed by atoms with Gasteiger partial charge in [-0.05, 0) is 0 Å². The molecule has 0 atom stereocenters. The summed E-state index contributed by atoms with van der Waals surface area (Å²) in [6.45, 7) is 0. The van der Waals surface area contributed by atoms with E-state index in [0.717, 1.165) is 0 Å². The van der Waals surface area contributed by atoms with Crippen molar-refractivity contribution in [2.75, 3.05) is 0 Å². The van der Waals surface area contributed by atoms with Crippen LogP contribution >= 0.6 is 0 Å². The van der Waals surface area contributed by atoms with E-state index in [1.54, 1.807) is 0 Å². The molecule has 0 aliphatic rings. The predicted molar refractivity (Wildman–Crippen MR) is 20.5 cm³/mol. The Bertz CT molecular complexity index is 84.3. The van der Waals surface area contributed by atoms with Crippen molar-refractivity contribution in [1.29, 1.82) is 0 Å². The first-order chi connectivity index (χ1) is 1.73. The molecular weight excluding hydrogens is 482 g/mol. The Hall–Kier alpha value is 3.35. The third kappa shape index (κ3) is 45.0. The molecule has 0 amide bonds. The molecule has 0 saturated carbocycles. The van der Waals surface area contributed by atoms with Gasteiger partial charge in [-0.25, -0.2) is 0 Å². The smallest absolute Gasteiger partial charge is 0 e. The minimum Gasteiger partial charge on any atom is 0 e. The van der Waals surface area contributed by atoms with Crippen molar-refractivity contribution in [3.05, 3.63) is 0 Å². The minimum atomic E-state index is -4.47. The molecule has 0 heterocycles. The second-order valence-corrected chi connectivity index (χ2v) is 2.10. The summed E-state index contributed by atoms with van der Waals surface area (Å²) < 4.78 is 25.9. The van der Waals surface area contributed by atoms with Crippen LogP contribution in [0.25, 0.3) is 0 Å². The first-order valence-electron chi connectivity index (χ1n) is 0.707. The molecule has 0 N–H and O–H groups in total. The monoisotopic (exact) mass is 488 g/mol. The SMILES string of the molecule is [AlH3].[O]=[La](=[O])=[O].[SrH2].[Ta]. The third-order valence-electron chi connectivity index (χ3n) is 0. The summed E-state index contributed by atoms with van der Waals surface area (Å²) in [5.74, 6) is 0. The quantitative estimate of drug-likeness (QED) is 0.357. The largest absolute Gasteiger partial charge is 0 e. The van der Waals surface area contributed by atoms with E-state index in [0.29, 0.717) is 0 Å². The van der Waals surface area contributed by atoms with Gasteiger partial charge in [0.05, 0.1) is 0 Å². The van der Waals surface area contributed by atoms with E-state index in [2.05, 4.69) is 0 Å². The van der Waals surface area contributed by atoms with Crippen LogP contribution in [-0.4, -0.2) is 62.8 Å². The Balaban J connectivity index is -0.0000000150. The van der Waals surface area contributed by atoms with Gasteiger partial charge in [0.25, 0.3) is 0 Å². The van der Waals surface area contributed by atoms with Gasteiger partial charge in [-0.3, -0.25) is 0 Å². The van der Waals surface area contributed by atoms with Crippen LogP contribution in [0.4, 0.5) is 0 Å². The van der Waals surface area contributed by atoms with Gasteiger partial charge in [-0.15, -0.1) is 0 Å². The summed E-state index contributed by atoms with van der Waals surface area (Å²) in [6.07, 6.45) is 0. The van der Waals surface area contributed by atoms with E-state index < -0.39 is 30.2 Å². The summed E-state index contributed by atoms with van der Waals surface area (Å²) in [5, 5.41) is 0. The van der Waals surface area contributed by atoms with Gasteiger partial charge in [0.2, 0.25) is 0 Å². The Labute approximate surface area is 117 Å². The van der Waals surface area contributed by atoms with Crippen LogP contribution in [0.3, 0.4) is 0 Å². The molecule has 0 aromatic rings. The molecule has 1 radical (unpaired) electrons. The van der Waals surface area contributed by atoms with Gasteiger partial charge in [-0.2, -0.15) is 0 Å². The zero-order valence-corrected chi connectivity index (χ0v) is 9.09. The van der Waals surface area contributed by atoms with Gasteiger partial charge < -0.3 is 0 Å². The summed E-state index contributed by atoms with van der Waals surface area (Å²) in [7, 11) is 0. The summed E-state index contributed by atoms with van der Waals surface area (Å²) >= 11 is -4.47. The summed E-state index contributed by atoms with van der Waals surface area (Å²) in [6, 6.07) is 0. The van der Waals surface area contributed by atoms with Crippen LogP contribution in [0.15, 0.2) is 0 Å². The van der Waals surface area contributed by atoms with Crippen molar-refractivity contribution in [3.8, 4) is 0 Å². The molecule has 0 bridgehead atoms. The van der Waals surface area contributed by atoms with Gasteiger partial charge >= 0.3 is 80.8 Å². The van der Waals surface area contributed by atoms with Crippen LogP contribution in [-0.2, 0) is 27.5 Å². The topological polar surface area (TPSA) is 51.2 Å². The van der Waals surface area contributed by atoms with Crippen LogP contribution in [0, 0.1) is 30.2 Å². The molecule has 0 aliphatic heterocycles. The maximum absolute atomic E-state index is 8.64. The van der Waals surface area contributed by atoms with E-state index in [4.69, 9.17) is 5.09 Å². The van der Waals surface area contributed by atoms with Crippen LogP contribution in [0.2, 0.25) is 0 Å². The molecule has 0 rings (SSSR count). The fourth-order valence-electron chi connectivity index (χ4n) is 0. The fourth-order valence-corrected chi connectivity index (χ4v) is 0. The van der Waals surface area contributed by atoms with E-state index in [9.17, 15) is 0 Å². The molecule has 0 aromatic heterocycles. The first-order valence-corrected chi connectivity index (χ1v) is 5.15. The zero-order chi connectivity index (χ0) is 3.58. The van der Waals surface area contributed by atoms with Crippen molar-refractivity contribution < 1.29 is 57.7 Å². The van der Waals surface area contributed by atoms with Crippen LogP contribution in [0.5, 0.6) is 0 Å². The summed E-state index contributed by atoms with van der Waals surface area (Å²) in [4.78, 5) is 0. The van der Waals surface area contributed by atoms with Crippen molar-refractivity contribution in [3.63, 3.8) is 0 Å². The third-order valence-corrected chi connectivity index (χ3v) is 0. The maximum Gasteiger partial charge on any atom is 0 e. The number of hydrogen-bond donors (Lipinski definition) is 0. The molecule has 0 unspecified atom stereocenters. The van der Waals surface area contributed by atoms with E-state index in [1.165, 1.54) is 0 Å². The molecule has 36 valence electrons. The molecule has 0 aliphatic carbocycles. The predicted octanol–water partition coefficient (Wildman–Crippen LogP) is -2.46. The van der Waals surface area contributed by atoms with Crippen LogP contribution in [0.1, 0.15) is 0 Å². The summed E-state index contributed by atoms with van der Waals surface area (Å²) in [5.41, 5.74) is 0. The molecule has 0 spiro atoms. The van der Waals surface area contributed by atoms with Crippen molar-refractivity contribution in [2.24, 2.45) is 0 Å². The average Bonchev–Trinajstić information content (AvgIpc) is 0.811. The molecule has 0 aromatic carbocycles. The molecule has 3 nitrogen and oxygen atoms in total. The maximum atomic E-state index is 8.64. The minimum absolute atomic E-state index is 0. The van der Waals surface area contributed by atoms with E-state index >= 15 is 0 Å². The van der Waals surface area contributed by atoms with Gasteiger partial charge in [0.15, 0.2) is 17.4 Å². The van der Waals surface area contributed by atoms with Crippen LogP contribution < -0.4 is 0 Å². The average molecular weight is 487 g/mol. The van der Waals surface area contributed by atoms with E-state index in [-0.39, 0.29) is 85.2 Å². The number of hydrogen-bond acceptors (Lipinski definition) is 3. The second-order valence-electron chi connectivity index (χ2n) is 0.289. The van der Waals surface area contributed by atoms with Gasteiger partial charge in [0.1, 0.15) is 0 Å². The van der Waals surface area contributed by atoms with E-state index in [1.807, 2.05) is 0 Å². The molecule has 7 heavy (non-hydrogen) atoms. The Morgan fingerprint density at radius 2 is 1.00 bits per heavy atom. The molecule has 7 heteroatoms. The Kier molecular flexibility index (Phi) is 51.8. The van der Waals surface area contributed by atoms with Crippen molar-refractivity contribution >= 4 is 62.8 Å². The second kappa shape index (κ2) is 16.2. The normalized spacial score (nSPS) is 2.14. The van der Waals surface area contributed by atoms with Crippen molar-refractivity contribution in [1.82, 2.24) is 0 Å². The molecular formula is H5AlLaO3SrTa. The van der Waals surface area contributed by atoms with Gasteiger partial charge in [0, 0.05) is 22.4 Å². The van der Waals surface area contributed by atoms with Gasteiger partial charge in [-0.1, -0.05) is 0 Å². The fraction of sp³-hybridized carbons (Fsp3) is 0. The molecule has 0 saturated heterocycles. The van der Waals surface area contributed by atoms with Crippen molar-refractivity contribution in [2.45, 2.75) is 0 Å². The Morgan fingerprint density at radius 1 is 1.00 bits per heavy atom. The Morgan fingerprint density at radius 3 is 1.00 bits per heavy atom. The zero-order valence-electron chi connectivity index (χ0n) is 2.25. The first kappa shape index (κ1) is 22.4. The number of rotatable bonds is 0. The molecule has 0 fully saturated rings.